The van der Waals surface area contributed by atoms with E-state index in [0.29, 0.717) is 35.8 Å². The molecule has 9 heteroatoms. The number of nitrogens with one attached hydrogen (secondary N) is 1. The van der Waals surface area contributed by atoms with E-state index in [1.165, 1.54) is 49.4 Å². The number of amides is 1. The Labute approximate surface area is 178 Å². The van der Waals surface area contributed by atoms with Gasteiger partial charge in [-0.05, 0) is 36.4 Å². The second-order valence-electron chi connectivity index (χ2n) is 6.46. The summed E-state index contributed by atoms with van der Waals surface area (Å²) in [6, 6.07) is 12.7. The number of esters is 1. The highest BCUT2D eigenvalue weighted by atomic mass is 19.1. The van der Waals surface area contributed by atoms with E-state index in [0.717, 1.165) is 0 Å². The van der Waals surface area contributed by atoms with Gasteiger partial charge in [-0.1, -0.05) is 12.1 Å². The van der Waals surface area contributed by atoms with Crippen LogP contribution in [-0.2, 0) is 14.3 Å². The first-order valence-electron chi connectivity index (χ1n) is 9.44. The van der Waals surface area contributed by atoms with Crippen molar-refractivity contribution in [3.05, 3.63) is 66.1 Å². The third-order valence-electron chi connectivity index (χ3n) is 4.33. The van der Waals surface area contributed by atoms with Gasteiger partial charge in [0.25, 0.3) is 5.91 Å². The van der Waals surface area contributed by atoms with Crippen molar-refractivity contribution in [1.29, 1.82) is 0 Å². The fourth-order valence-corrected chi connectivity index (χ4v) is 2.79. The van der Waals surface area contributed by atoms with Crippen molar-refractivity contribution < 1.29 is 28.2 Å². The number of nitrogens with zero attached hydrogens (tertiary/aromatic N) is 2. The number of carbonyl (C=O) groups is 2. The van der Waals surface area contributed by atoms with Crippen LogP contribution in [0.25, 0.3) is 16.9 Å². The normalized spacial score (nSPS) is 10.5. The lowest BCUT2D eigenvalue weighted by molar-refractivity contribution is -0.124. The third-order valence-corrected chi connectivity index (χ3v) is 4.33. The van der Waals surface area contributed by atoms with Crippen molar-refractivity contribution in [3.8, 4) is 22.7 Å². The Kier molecular flexibility index (Phi) is 7.34. The van der Waals surface area contributed by atoms with Crippen molar-refractivity contribution >= 4 is 11.9 Å². The lowest BCUT2D eigenvalue weighted by Crippen LogP contribution is -2.31. The molecule has 0 unspecified atom stereocenters. The summed E-state index contributed by atoms with van der Waals surface area (Å²) in [7, 11) is 3.05. The summed E-state index contributed by atoms with van der Waals surface area (Å²) >= 11 is 0. The van der Waals surface area contributed by atoms with Crippen LogP contribution in [-0.4, -0.2) is 55.6 Å². The first kappa shape index (κ1) is 22.0. The monoisotopic (exact) mass is 427 g/mol. The Morgan fingerprint density at radius 3 is 2.61 bits per heavy atom. The summed E-state index contributed by atoms with van der Waals surface area (Å²) in [6.45, 7) is 0.219. The largest absolute Gasteiger partial charge is 0.497 e. The van der Waals surface area contributed by atoms with E-state index in [9.17, 15) is 14.0 Å². The standard InChI is InChI=1S/C22H22FN3O5/c1-29-11-10-24-20(27)14-31-22(28)19-13-26(17-8-6-16(23)7-9-17)25-21(19)15-4-3-5-18(12-15)30-2/h3-9,12-13H,10-11,14H2,1-2H3,(H,24,27). The molecule has 0 saturated carbocycles. The van der Waals surface area contributed by atoms with Crippen LogP contribution in [0.5, 0.6) is 5.75 Å². The quantitative estimate of drug-likeness (QED) is 0.417. The van der Waals surface area contributed by atoms with Gasteiger partial charge in [0.05, 0.1) is 19.4 Å². The molecule has 0 atom stereocenters. The number of ether oxygens (including phenoxy) is 3. The van der Waals surface area contributed by atoms with E-state index in [4.69, 9.17) is 14.2 Å². The van der Waals surface area contributed by atoms with Gasteiger partial charge < -0.3 is 19.5 Å². The summed E-state index contributed by atoms with van der Waals surface area (Å²) in [5.74, 6) is -0.957. The van der Waals surface area contributed by atoms with Crippen LogP contribution in [0.1, 0.15) is 10.4 Å². The van der Waals surface area contributed by atoms with E-state index >= 15 is 0 Å². The third kappa shape index (κ3) is 5.67. The fourth-order valence-electron chi connectivity index (χ4n) is 2.79. The van der Waals surface area contributed by atoms with E-state index in [1.807, 2.05) is 0 Å². The summed E-state index contributed by atoms with van der Waals surface area (Å²) in [5.41, 5.74) is 1.67. The second kappa shape index (κ2) is 10.4. The molecule has 3 rings (SSSR count). The number of methoxy groups -OCH3 is 2. The maximum absolute atomic E-state index is 13.3. The molecule has 0 aliphatic carbocycles. The second-order valence-corrected chi connectivity index (χ2v) is 6.46. The summed E-state index contributed by atoms with van der Waals surface area (Å²) in [6.07, 6.45) is 1.48. The predicted octanol–water partition coefficient (Wildman–Crippen LogP) is 2.61. The maximum atomic E-state index is 13.3. The first-order valence-corrected chi connectivity index (χ1v) is 9.44. The Bertz CT molecular complexity index is 1050. The van der Waals surface area contributed by atoms with E-state index in [-0.39, 0.29) is 11.4 Å². The highest BCUT2D eigenvalue weighted by Crippen LogP contribution is 2.27. The number of hydrogen-bond acceptors (Lipinski definition) is 6. The lowest BCUT2D eigenvalue weighted by atomic mass is 10.1. The molecule has 1 N–H and O–H groups in total. The molecule has 0 aliphatic rings. The van der Waals surface area contributed by atoms with Gasteiger partial charge in [-0.2, -0.15) is 5.10 Å². The highest BCUT2D eigenvalue weighted by molar-refractivity contribution is 5.97. The number of halogens is 1. The maximum Gasteiger partial charge on any atom is 0.342 e. The lowest BCUT2D eigenvalue weighted by Gasteiger charge is -2.07. The molecule has 8 nitrogen and oxygen atoms in total. The molecule has 1 amide bonds. The summed E-state index contributed by atoms with van der Waals surface area (Å²) in [4.78, 5) is 24.6. The molecule has 0 bridgehead atoms. The van der Waals surface area contributed by atoms with E-state index < -0.39 is 18.5 Å². The fraction of sp³-hybridized carbons (Fsp3) is 0.227. The Balaban J connectivity index is 1.88. The van der Waals surface area contributed by atoms with Crippen LogP contribution < -0.4 is 10.1 Å². The minimum atomic E-state index is -0.715. The average molecular weight is 427 g/mol. The van der Waals surface area contributed by atoms with Crippen LogP contribution in [0.4, 0.5) is 4.39 Å². The van der Waals surface area contributed by atoms with Crippen molar-refractivity contribution in [2.24, 2.45) is 0 Å². The predicted molar refractivity (Wildman–Crippen MR) is 111 cm³/mol. The molecule has 0 fully saturated rings. The topological polar surface area (TPSA) is 91.7 Å². The van der Waals surface area contributed by atoms with Crippen LogP contribution in [0.2, 0.25) is 0 Å². The van der Waals surface area contributed by atoms with Crippen molar-refractivity contribution in [1.82, 2.24) is 15.1 Å². The molecular weight excluding hydrogens is 405 g/mol. The molecule has 0 aliphatic heterocycles. The molecular formula is C22H22FN3O5. The molecule has 0 saturated heterocycles. The molecule has 162 valence electrons. The number of benzene rings is 2. The van der Waals surface area contributed by atoms with Crippen LogP contribution >= 0.6 is 0 Å². The molecule has 3 aromatic rings. The van der Waals surface area contributed by atoms with Gasteiger partial charge in [0.15, 0.2) is 6.61 Å². The Morgan fingerprint density at radius 1 is 1.13 bits per heavy atom. The highest BCUT2D eigenvalue weighted by Gasteiger charge is 2.21. The van der Waals surface area contributed by atoms with E-state index in [1.54, 1.807) is 24.3 Å². The number of hydrogen-bond donors (Lipinski definition) is 1. The zero-order valence-corrected chi connectivity index (χ0v) is 17.1. The summed E-state index contributed by atoms with van der Waals surface area (Å²) in [5, 5.41) is 7.06. The average Bonchev–Trinajstić information content (AvgIpc) is 3.24. The van der Waals surface area contributed by atoms with Crippen LogP contribution in [0.3, 0.4) is 0 Å². The molecule has 0 spiro atoms. The van der Waals surface area contributed by atoms with Crippen molar-refractivity contribution in [2.75, 3.05) is 34.0 Å². The Hall–Kier alpha value is -3.72. The van der Waals surface area contributed by atoms with Gasteiger partial charge in [0, 0.05) is 25.4 Å². The Morgan fingerprint density at radius 2 is 1.90 bits per heavy atom. The van der Waals surface area contributed by atoms with E-state index in [2.05, 4.69) is 10.4 Å². The van der Waals surface area contributed by atoms with Gasteiger partial charge in [-0.3, -0.25) is 4.79 Å². The first-order chi connectivity index (χ1) is 15.0. The zero-order chi connectivity index (χ0) is 22.2. The molecule has 1 aromatic heterocycles. The van der Waals surface area contributed by atoms with Gasteiger partial charge >= 0.3 is 5.97 Å². The van der Waals surface area contributed by atoms with Crippen molar-refractivity contribution in [3.63, 3.8) is 0 Å². The number of rotatable bonds is 9. The SMILES string of the molecule is COCCNC(=O)COC(=O)c1cn(-c2ccc(F)cc2)nc1-c1cccc(OC)c1. The van der Waals surface area contributed by atoms with Gasteiger partial charge in [0.2, 0.25) is 0 Å². The number of carbonyl (C=O) groups excluding carboxylic acids is 2. The minimum Gasteiger partial charge on any atom is -0.497 e. The van der Waals surface area contributed by atoms with Gasteiger partial charge in [-0.25, -0.2) is 13.9 Å². The minimum absolute atomic E-state index is 0.155. The zero-order valence-electron chi connectivity index (χ0n) is 17.1. The van der Waals surface area contributed by atoms with Gasteiger partial charge in [-0.15, -0.1) is 0 Å². The van der Waals surface area contributed by atoms with Crippen LogP contribution in [0.15, 0.2) is 54.7 Å². The van der Waals surface area contributed by atoms with Gasteiger partial charge in [0.1, 0.15) is 22.8 Å². The molecule has 0 radical (unpaired) electrons. The molecule has 31 heavy (non-hydrogen) atoms. The molecule has 1 heterocycles. The number of aromatic nitrogens is 2. The van der Waals surface area contributed by atoms with Crippen LogP contribution in [0, 0.1) is 5.82 Å². The molecule has 2 aromatic carbocycles. The smallest absolute Gasteiger partial charge is 0.342 e. The van der Waals surface area contributed by atoms with Crippen molar-refractivity contribution in [2.45, 2.75) is 0 Å². The summed E-state index contributed by atoms with van der Waals surface area (Å²) < 4.78 is 30.0.